The van der Waals surface area contributed by atoms with Crippen molar-refractivity contribution in [3.05, 3.63) is 79.0 Å². The van der Waals surface area contributed by atoms with Crippen LogP contribution in [0.2, 0.25) is 0 Å². The van der Waals surface area contributed by atoms with E-state index < -0.39 is 0 Å². The molecule has 0 spiro atoms. The van der Waals surface area contributed by atoms with Crippen LogP contribution in [0.4, 0.5) is 11.6 Å². The summed E-state index contributed by atoms with van der Waals surface area (Å²) in [7, 11) is 0. The summed E-state index contributed by atoms with van der Waals surface area (Å²) in [5, 5.41) is 3.33. The minimum absolute atomic E-state index is 0.267. The van der Waals surface area contributed by atoms with Crippen molar-refractivity contribution in [3.63, 3.8) is 0 Å². The molecule has 0 aliphatic rings. The number of rotatable bonds is 8. The Labute approximate surface area is 153 Å². The molecular weight excluding hydrogens is 324 g/mol. The fourth-order valence-corrected chi connectivity index (χ4v) is 2.46. The number of nitrogen functional groups attached to an aromatic ring is 1. The molecule has 0 atom stereocenters. The average molecular weight is 346 g/mol. The van der Waals surface area contributed by atoms with Crippen molar-refractivity contribution >= 4 is 11.6 Å². The van der Waals surface area contributed by atoms with Crippen LogP contribution in [0.25, 0.3) is 11.3 Å². The monoisotopic (exact) mass is 346 g/mol. The van der Waals surface area contributed by atoms with E-state index >= 15 is 0 Å². The molecule has 0 saturated carbocycles. The van der Waals surface area contributed by atoms with Crippen LogP contribution in [0.5, 0.6) is 5.75 Å². The number of nitrogens with two attached hydrogens (primary N) is 1. The van der Waals surface area contributed by atoms with E-state index in [4.69, 9.17) is 10.5 Å². The van der Waals surface area contributed by atoms with Gasteiger partial charge in [0, 0.05) is 24.0 Å². The molecule has 5 heteroatoms. The van der Waals surface area contributed by atoms with E-state index in [9.17, 15) is 0 Å². The second kappa shape index (κ2) is 9.22. The van der Waals surface area contributed by atoms with Crippen LogP contribution in [0.1, 0.15) is 6.42 Å². The van der Waals surface area contributed by atoms with Crippen molar-refractivity contribution in [3.8, 4) is 17.0 Å². The molecule has 3 rings (SSSR count). The lowest BCUT2D eigenvalue weighted by atomic mass is 10.1. The summed E-state index contributed by atoms with van der Waals surface area (Å²) in [4.78, 5) is 8.15. The first kappa shape index (κ1) is 17.5. The molecule has 3 aromatic rings. The number of benzene rings is 2. The molecule has 0 saturated heterocycles. The Balaban J connectivity index is 1.43. The molecule has 0 unspecified atom stereocenters. The average Bonchev–Trinajstić information content (AvgIpc) is 2.68. The molecule has 5 nitrogen and oxygen atoms in total. The topological polar surface area (TPSA) is 73.1 Å². The Morgan fingerprint density at radius 3 is 2.73 bits per heavy atom. The molecule has 0 amide bonds. The van der Waals surface area contributed by atoms with E-state index in [1.54, 1.807) is 6.20 Å². The van der Waals surface area contributed by atoms with Crippen molar-refractivity contribution < 1.29 is 4.74 Å². The van der Waals surface area contributed by atoms with Gasteiger partial charge in [0.2, 0.25) is 5.95 Å². The van der Waals surface area contributed by atoms with E-state index in [0.29, 0.717) is 6.61 Å². The lowest BCUT2D eigenvalue weighted by Gasteiger charge is -2.07. The van der Waals surface area contributed by atoms with E-state index in [-0.39, 0.29) is 5.95 Å². The van der Waals surface area contributed by atoms with Crippen molar-refractivity contribution in [2.24, 2.45) is 0 Å². The summed E-state index contributed by atoms with van der Waals surface area (Å²) < 4.78 is 5.82. The highest BCUT2D eigenvalue weighted by molar-refractivity contribution is 5.61. The van der Waals surface area contributed by atoms with E-state index in [2.05, 4.69) is 39.6 Å². The summed E-state index contributed by atoms with van der Waals surface area (Å²) in [6, 6.07) is 19.8. The maximum atomic E-state index is 5.82. The quantitative estimate of drug-likeness (QED) is 0.473. The molecule has 1 aromatic heterocycles. The molecular formula is C21H22N4O. The maximum absolute atomic E-state index is 5.82. The minimum Gasteiger partial charge on any atom is -0.493 e. The summed E-state index contributed by atoms with van der Waals surface area (Å²) in [6.07, 6.45) is 6.72. The van der Waals surface area contributed by atoms with Gasteiger partial charge in [-0.15, -0.1) is 0 Å². The van der Waals surface area contributed by atoms with Crippen LogP contribution < -0.4 is 15.8 Å². The summed E-state index contributed by atoms with van der Waals surface area (Å²) in [6.45, 7) is 1.42. The van der Waals surface area contributed by atoms with Crippen LogP contribution in [-0.4, -0.2) is 23.1 Å². The normalized spacial score (nSPS) is 10.8. The first-order valence-electron chi connectivity index (χ1n) is 8.57. The van der Waals surface area contributed by atoms with Crippen LogP contribution in [0.15, 0.2) is 79.0 Å². The van der Waals surface area contributed by atoms with Crippen LogP contribution in [0.3, 0.4) is 0 Å². The van der Waals surface area contributed by atoms with Gasteiger partial charge in [-0.2, -0.15) is 0 Å². The Hall–Kier alpha value is -3.34. The lowest BCUT2D eigenvalue weighted by Crippen LogP contribution is -1.99. The summed E-state index contributed by atoms with van der Waals surface area (Å²) in [5.41, 5.74) is 8.51. The van der Waals surface area contributed by atoms with Gasteiger partial charge in [0.25, 0.3) is 0 Å². The third-order valence-electron chi connectivity index (χ3n) is 3.72. The van der Waals surface area contributed by atoms with E-state index in [0.717, 1.165) is 35.7 Å². The third-order valence-corrected chi connectivity index (χ3v) is 3.72. The second-order valence-electron chi connectivity index (χ2n) is 5.68. The maximum Gasteiger partial charge on any atom is 0.220 e. The fourth-order valence-electron chi connectivity index (χ4n) is 2.46. The Morgan fingerprint density at radius 1 is 1.00 bits per heavy atom. The van der Waals surface area contributed by atoms with Crippen LogP contribution >= 0.6 is 0 Å². The number of hydrogen-bond acceptors (Lipinski definition) is 5. The van der Waals surface area contributed by atoms with Crippen molar-refractivity contribution in [2.75, 3.05) is 24.2 Å². The van der Waals surface area contributed by atoms with Gasteiger partial charge in [0.15, 0.2) is 0 Å². The zero-order valence-electron chi connectivity index (χ0n) is 14.5. The molecule has 1 heterocycles. The van der Waals surface area contributed by atoms with E-state index in [1.165, 1.54) is 0 Å². The lowest BCUT2D eigenvalue weighted by molar-refractivity contribution is 0.325. The first-order chi connectivity index (χ1) is 12.8. The van der Waals surface area contributed by atoms with Gasteiger partial charge in [-0.1, -0.05) is 42.5 Å². The molecule has 0 aliphatic heterocycles. The predicted molar refractivity (Wildman–Crippen MR) is 106 cm³/mol. The van der Waals surface area contributed by atoms with E-state index in [1.807, 2.05) is 48.5 Å². The number of nitrogens with one attached hydrogen (secondary N) is 1. The SMILES string of the molecule is Nc1nccc(-c2cccc(OCC/C=C/CNc3ccccc3)c2)n1. The number of anilines is 2. The smallest absolute Gasteiger partial charge is 0.220 e. The second-order valence-corrected chi connectivity index (χ2v) is 5.68. The zero-order chi connectivity index (χ0) is 18.0. The van der Waals surface area contributed by atoms with Gasteiger partial charge < -0.3 is 15.8 Å². The fraction of sp³-hybridized carbons (Fsp3) is 0.143. The largest absolute Gasteiger partial charge is 0.493 e. The summed E-state index contributed by atoms with van der Waals surface area (Å²) >= 11 is 0. The Kier molecular flexibility index (Phi) is 6.20. The highest BCUT2D eigenvalue weighted by Crippen LogP contribution is 2.22. The van der Waals surface area contributed by atoms with Crippen molar-refractivity contribution in [2.45, 2.75) is 6.42 Å². The Bertz CT molecular complexity index is 849. The van der Waals surface area contributed by atoms with Gasteiger partial charge in [-0.3, -0.25) is 0 Å². The van der Waals surface area contributed by atoms with Crippen LogP contribution in [-0.2, 0) is 0 Å². The number of nitrogens with zero attached hydrogens (tertiary/aromatic N) is 2. The number of hydrogen-bond donors (Lipinski definition) is 2. The number of ether oxygens (including phenoxy) is 1. The Morgan fingerprint density at radius 2 is 1.88 bits per heavy atom. The molecule has 132 valence electrons. The molecule has 0 fully saturated rings. The predicted octanol–water partition coefficient (Wildman–Crippen LogP) is 4.16. The van der Waals surface area contributed by atoms with Gasteiger partial charge in [-0.05, 0) is 36.8 Å². The van der Waals surface area contributed by atoms with Gasteiger partial charge in [0.1, 0.15) is 5.75 Å². The molecule has 3 N–H and O–H groups in total. The number of aromatic nitrogens is 2. The highest BCUT2D eigenvalue weighted by atomic mass is 16.5. The van der Waals surface area contributed by atoms with Gasteiger partial charge in [-0.25, -0.2) is 9.97 Å². The zero-order valence-corrected chi connectivity index (χ0v) is 14.5. The van der Waals surface area contributed by atoms with Crippen LogP contribution in [0, 0.1) is 0 Å². The van der Waals surface area contributed by atoms with Gasteiger partial charge >= 0.3 is 0 Å². The number of para-hydroxylation sites is 1. The summed E-state index contributed by atoms with van der Waals surface area (Å²) in [5.74, 6) is 1.08. The standard InChI is InChI=1S/C21H22N4O/c22-21-24-14-12-20(25-21)17-8-7-11-19(16-17)26-15-6-2-5-13-23-18-9-3-1-4-10-18/h1-5,7-12,14,16,23H,6,13,15H2,(H2,22,24,25)/b5-2+. The minimum atomic E-state index is 0.267. The first-order valence-corrected chi connectivity index (χ1v) is 8.57. The molecule has 0 radical (unpaired) electrons. The molecule has 0 bridgehead atoms. The highest BCUT2D eigenvalue weighted by Gasteiger charge is 2.02. The van der Waals surface area contributed by atoms with Gasteiger partial charge in [0.05, 0.1) is 12.3 Å². The third kappa shape index (κ3) is 5.34. The van der Waals surface area contributed by atoms with Crippen molar-refractivity contribution in [1.29, 1.82) is 0 Å². The molecule has 2 aromatic carbocycles. The molecule has 0 aliphatic carbocycles. The molecule has 26 heavy (non-hydrogen) atoms. The van der Waals surface area contributed by atoms with Crippen molar-refractivity contribution in [1.82, 2.24) is 9.97 Å².